The fraction of sp³-hybridized carbons (Fsp3) is 0.650. The maximum Gasteiger partial charge on any atom is 0.174 e. The average molecular weight is 324 g/mol. The molecule has 24 heavy (non-hydrogen) atoms. The fourth-order valence-corrected chi connectivity index (χ4v) is 8.16. The van der Waals surface area contributed by atoms with E-state index in [0.29, 0.717) is 36.3 Å². The summed E-state index contributed by atoms with van der Waals surface area (Å²) in [5, 5.41) is 12.1. The van der Waals surface area contributed by atoms with E-state index in [2.05, 4.69) is 6.07 Å². The van der Waals surface area contributed by atoms with Gasteiger partial charge >= 0.3 is 0 Å². The summed E-state index contributed by atoms with van der Waals surface area (Å²) in [7, 11) is 1.65. The van der Waals surface area contributed by atoms with E-state index in [9.17, 15) is 9.90 Å². The second-order valence-electron chi connectivity index (χ2n) is 8.96. The quantitative estimate of drug-likeness (QED) is 0.858. The Balaban J connectivity index is 1.63. The number of ether oxygens (including phenoxy) is 2. The van der Waals surface area contributed by atoms with Crippen molar-refractivity contribution >= 4 is 5.78 Å². The summed E-state index contributed by atoms with van der Waals surface area (Å²) >= 11 is 0. The van der Waals surface area contributed by atoms with Crippen LogP contribution in [0.3, 0.4) is 0 Å². The summed E-state index contributed by atoms with van der Waals surface area (Å²) in [6, 6.07) is 4.13. The minimum atomic E-state index is -0.772. The second kappa shape index (κ2) is 3.26. The Labute approximate surface area is 140 Å². The number of hydrogen-bond acceptors (Lipinski definition) is 4. The van der Waals surface area contributed by atoms with Gasteiger partial charge < -0.3 is 14.6 Å². The average Bonchev–Trinajstić information content (AvgIpc) is 3.20. The van der Waals surface area contributed by atoms with Crippen molar-refractivity contribution in [3.05, 3.63) is 23.3 Å². The molecule has 0 amide bonds. The van der Waals surface area contributed by atoms with Gasteiger partial charge in [0.25, 0.3) is 0 Å². The number of carbonyl (C=O) groups excluding carboxylic acids is 1. The molecule has 4 nitrogen and oxygen atoms in total. The Kier molecular flexibility index (Phi) is 1.73. The van der Waals surface area contributed by atoms with Gasteiger partial charge in [0, 0.05) is 17.4 Å². The molecular formula is C20H20O4. The zero-order valence-corrected chi connectivity index (χ0v) is 13.7. The van der Waals surface area contributed by atoms with E-state index in [0.717, 1.165) is 30.6 Å². The minimum Gasteiger partial charge on any atom is -0.493 e. The third-order valence-electron chi connectivity index (χ3n) is 8.84. The summed E-state index contributed by atoms with van der Waals surface area (Å²) in [6.07, 6.45) is 3.65. The van der Waals surface area contributed by atoms with E-state index >= 15 is 0 Å². The van der Waals surface area contributed by atoms with E-state index in [-0.39, 0.29) is 11.2 Å². The van der Waals surface area contributed by atoms with Gasteiger partial charge in [0.15, 0.2) is 23.4 Å². The molecule has 1 heterocycles. The Bertz CT molecular complexity index is 861. The lowest BCUT2D eigenvalue weighted by Crippen LogP contribution is -2.75. The van der Waals surface area contributed by atoms with Gasteiger partial charge in [-0.2, -0.15) is 0 Å². The molecular weight excluding hydrogens is 304 g/mol. The van der Waals surface area contributed by atoms with Gasteiger partial charge in [0.1, 0.15) is 0 Å². The second-order valence-corrected chi connectivity index (χ2v) is 8.96. The first-order chi connectivity index (χ1) is 11.6. The SMILES string of the molecule is COc1ccc2c3c1O[C@H]1C(=O)CC[C@@]4(O)C56CC5C(C[C@]314)C6C2. The Morgan fingerprint density at radius 1 is 1.29 bits per heavy atom. The van der Waals surface area contributed by atoms with Gasteiger partial charge in [-0.1, -0.05) is 6.07 Å². The summed E-state index contributed by atoms with van der Waals surface area (Å²) in [6.45, 7) is 0. The number of ketones is 1. The van der Waals surface area contributed by atoms with Gasteiger partial charge in [-0.05, 0) is 55.1 Å². The van der Waals surface area contributed by atoms with Crippen molar-refractivity contribution in [3.63, 3.8) is 0 Å². The lowest BCUT2D eigenvalue weighted by atomic mass is 9.39. The number of rotatable bonds is 1. The van der Waals surface area contributed by atoms with E-state index < -0.39 is 17.1 Å². The Morgan fingerprint density at radius 3 is 3.00 bits per heavy atom. The maximum atomic E-state index is 12.8. The lowest BCUT2D eigenvalue weighted by Gasteiger charge is -2.66. The molecule has 0 aromatic heterocycles. The Hall–Kier alpha value is -1.55. The summed E-state index contributed by atoms with van der Waals surface area (Å²) in [5.41, 5.74) is 1.18. The zero-order valence-electron chi connectivity index (χ0n) is 13.7. The van der Waals surface area contributed by atoms with Crippen molar-refractivity contribution in [2.45, 2.75) is 49.2 Å². The smallest absolute Gasteiger partial charge is 0.174 e. The first-order valence-corrected chi connectivity index (χ1v) is 9.20. The van der Waals surface area contributed by atoms with Crippen LogP contribution >= 0.6 is 0 Å². The number of aliphatic hydroxyl groups is 1. The molecule has 2 spiro atoms. The first-order valence-electron chi connectivity index (χ1n) is 9.20. The molecule has 4 bridgehead atoms. The van der Waals surface area contributed by atoms with Crippen molar-refractivity contribution in [2.75, 3.05) is 7.11 Å². The molecule has 0 radical (unpaired) electrons. The fourth-order valence-electron chi connectivity index (χ4n) is 8.16. The first kappa shape index (κ1) is 12.8. The number of Topliss-reactive ketones (excluding diaryl/α,β-unsaturated/α-hetero) is 1. The number of methoxy groups -OCH3 is 1. The van der Waals surface area contributed by atoms with Gasteiger partial charge in [0.2, 0.25) is 0 Å². The van der Waals surface area contributed by atoms with Crippen LogP contribution in [0.2, 0.25) is 0 Å². The van der Waals surface area contributed by atoms with Crippen LogP contribution in [-0.2, 0) is 16.6 Å². The molecule has 6 aliphatic carbocycles. The van der Waals surface area contributed by atoms with Crippen LogP contribution in [0.25, 0.3) is 0 Å². The van der Waals surface area contributed by atoms with E-state index in [4.69, 9.17) is 9.47 Å². The highest BCUT2D eigenvalue weighted by Crippen LogP contribution is 2.90. The topological polar surface area (TPSA) is 55.8 Å². The summed E-state index contributed by atoms with van der Waals surface area (Å²) < 4.78 is 11.8. The molecule has 1 aromatic carbocycles. The van der Waals surface area contributed by atoms with Crippen molar-refractivity contribution in [2.24, 2.45) is 23.2 Å². The van der Waals surface area contributed by atoms with Gasteiger partial charge in [0.05, 0.1) is 18.1 Å². The van der Waals surface area contributed by atoms with E-state index in [1.54, 1.807) is 7.11 Å². The van der Waals surface area contributed by atoms with Crippen LogP contribution in [0.5, 0.6) is 11.5 Å². The predicted octanol–water partition coefficient (Wildman–Crippen LogP) is 2.00. The van der Waals surface area contributed by atoms with Crippen molar-refractivity contribution in [1.82, 2.24) is 0 Å². The van der Waals surface area contributed by atoms with E-state index in [1.165, 1.54) is 5.56 Å². The zero-order chi connectivity index (χ0) is 16.1. The highest BCUT2D eigenvalue weighted by atomic mass is 16.5. The lowest BCUT2D eigenvalue weighted by molar-refractivity contribution is -0.243. The van der Waals surface area contributed by atoms with Gasteiger partial charge in [-0.15, -0.1) is 0 Å². The Morgan fingerprint density at radius 2 is 2.17 bits per heavy atom. The monoisotopic (exact) mass is 324 g/mol. The third kappa shape index (κ3) is 0.886. The molecule has 4 heteroatoms. The van der Waals surface area contributed by atoms with Crippen LogP contribution in [0.4, 0.5) is 0 Å². The van der Waals surface area contributed by atoms with Crippen LogP contribution in [-0.4, -0.2) is 29.7 Å². The molecule has 1 N–H and O–H groups in total. The summed E-state index contributed by atoms with van der Waals surface area (Å²) in [5.74, 6) is 3.55. The molecule has 1 aliphatic heterocycles. The van der Waals surface area contributed by atoms with Crippen molar-refractivity contribution in [3.8, 4) is 11.5 Å². The standard InChI is InChI=1S/C20H20O4/c1-23-14-3-2-9-6-11-10-7-19-15(9)16(14)24-17(19)13(21)4-5-20(19,22)18(11)8-12(10)18/h2-3,10-12,17,22H,4-8H2,1H3/t10?,11?,12?,17-,18?,19-,20+/m0/s1. The van der Waals surface area contributed by atoms with Crippen LogP contribution in [0.1, 0.15) is 36.8 Å². The number of benzene rings is 1. The number of hydrogen-bond donors (Lipinski definition) is 1. The highest BCUT2D eigenvalue weighted by molar-refractivity contribution is 5.90. The predicted molar refractivity (Wildman–Crippen MR) is 84.1 cm³/mol. The molecule has 4 fully saturated rings. The molecule has 1 aromatic rings. The molecule has 0 saturated heterocycles. The van der Waals surface area contributed by atoms with Gasteiger partial charge in [-0.3, -0.25) is 4.79 Å². The van der Waals surface area contributed by atoms with Gasteiger partial charge in [-0.25, -0.2) is 0 Å². The molecule has 124 valence electrons. The van der Waals surface area contributed by atoms with Crippen molar-refractivity contribution in [1.29, 1.82) is 0 Å². The molecule has 7 aliphatic rings. The maximum absolute atomic E-state index is 12.8. The molecule has 4 saturated carbocycles. The highest BCUT2D eigenvalue weighted by Gasteiger charge is 2.91. The normalized spacial score (nSPS) is 53.5. The van der Waals surface area contributed by atoms with Crippen LogP contribution in [0.15, 0.2) is 12.1 Å². The largest absolute Gasteiger partial charge is 0.493 e. The van der Waals surface area contributed by atoms with Crippen LogP contribution in [0, 0.1) is 23.2 Å². The molecule has 8 rings (SSSR count). The minimum absolute atomic E-state index is 0.0616. The third-order valence-corrected chi connectivity index (χ3v) is 8.84. The van der Waals surface area contributed by atoms with E-state index in [1.807, 2.05) is 6.07 Å². The molecule has 7 atom stereocenters. The molecule has 4 unspecified atom stereocenters. The van der Waals surface area contributed by atoms with Crippen molar-refractivity contribution < 1.29 is 19.4 Å². The van der Waals surface area contributed by atoms with Crippen LogP contribution < -0.4 is 9.47 Å². The number of carbonyl (C=O) groups is 1. The summed E-state index contributed by atoms with van der Waals surface area (Å²) in [4.78, 5) is 12.8.